The smallest absolute Gasteiger partial charge is 0.341 e. The predicted octanol–water partition coefficient (Wildman–Crippen LogP) is 2.72. The minimum Gasteiger partial charge on any atom is -0.457 e. The molecular weight excluding hydrogens is 240 g/mol. The van der Waals surface area contributed by atoms with Gasteiger partial charge in [-0.05, 0) is 11.6 Å². The van der Waals surface area contributed by atoms with Gasteiger partial charge in [0.25, 0.3) is 0 Å². The maximum Gasteiger partial charge on any atom is 0.341 e. The molecule has 1 heterocycles. The molecule has 0 aliphatic heterocycles. The molecule has 0 saturated heterocycles. The molecule has 1 aromatic heterocycles. The lowest BCUT2D eigenvalue weighted by Gasteiger charge is -2.05. The number of hydrogen-bond donors (Lipinski definition) is 0. The van der Waals surface area contributed by atoms with Crippen LogP contribution in [0.25, 0.3) is 0 Å². The summed E-state index contributed by atoms with van der Waals surface area (Å²) in [5, 5.41) is 0. The van der Waals surface area contributed by atoms with E-state index in [1.807, 2.05) is 6.07 Å². The zero-order valence-electron chi connectivity index (χ0n) is 9.27. The standard InChI is InChI=1S/C13H9F2NO2/c14-11-10(6-7-16-12(11)15)13(17)18-8-9-4-2-1-3-5-9/h1-7H,8H2. The molecule has 5 heteroatoms. The second kappa shape index (κ2) is 5.35. The van der Waals surface area contributed by atoms with Crippen LogP contribution in [0.1, 0.15) is 15.9 Å². The highest BCUT2D eigenvalue weighted by Crippen LogP contribution is 2.11. The summed E-state index contributed by atoms with van der Waals surface area (Å²) in [6.45, 7) is 0.00303. The minimum atomic E-state index is -1.32. The van der Waals surface area contributed by atoms with E-state index in [0.717, 1.165) is 17.8 Å². The lowest BCUT2D eigenvalue weighted by atomic mass is 10.2. The van der Waals surface area contributed by atoms with E-state index < -0.39 is 23.3 Å². The summed E-state index contributed by atoms with van der Waals surface area (Å²) in [4.78, 5) is 14.6. The first-order valence-electron chi connectivity index (χ1n) is 5.19. The Bertz CT molecular complexity index is 558. The second-order valence-electron chi connectivity index (χ2n) is 3.53. The van der Waals surface area contributed by atoms with Crippen molar-refractivity contribution in [2.75, 3.05) is 0 Å². The van der Waals surface area contributed by atoms with E-state index in [1.54, 1.807) is 24.3 Å². The molecule has 0 amide bonds. The Labute approximate surface area is 102 Å². The first-order chi connectivity index (χ1) is 8.68. The third-order valence-electron chi connectivity index (χ3n) is 2.28. The van der Waals surface area contributed by atoms with Gasteiger partial charge >= 0.3 is 5.97 Å². The average molecular weight is 249 g/mol. The van der Waals surface area contributed by atoms with Gasteiger partial charge in [-0.1, -0.05) is 30.3 Å². The van der Waals surface area contributed by atoms with Gasteiger partial charge in [0.1, 0.15) is 12.2 Å². The van der Waals surface area contributed by atoms with Crippen LogP contribution in [-0.4, -0.2) is 11.0 Å². The Morgan fingerprint density at radius 1 is 1.17 bits per heavy atom. The van der Waals surface area contributed by atoms with E-state index in [9.17, 15) is 13.6 Å². The first-order valence-corrected chi connectivity index (χ1v) is 5.19. The van der Waals surface area contributed by atoms with Crippen LogP contribution in [0, 0.1) is 11.8 Å². The van der Waals surface area contributed by atoms with Crippen LogP contribution >= 0.6 is 0 Å². The summed E-state index contributed by atoms with van der Waals surface area (Å²) < 4.78 is 30.9. The zero-order chi connectivity index (χ0) is 13.0. The molecule has 0 radical (unpaired) electrons. The van der Waals surface area contributed by atoms with Gasteiger partial charge in [0.05, 0.1) is 0 Å². The Balaban J connectivity index is 2.07. The van der Waals surface area contributed by atoms with Crippen molar-refractivity contribution >= 4 is 5.97 Å². The van der Waals surface area contributed by atoms with E-state index in [-0.39, 0.29) is 6.61 Å². The summed E-state index contributed by atoms with van der Waals surface area (Å²) in [5.74, 6) is -3.53. The summed E-state index contributed by atoms with van der Waals surface area (Å²) in [7, 11) is 0. The number of rotatable bonds is 3. The predicted molar refractivity (Wildman–Crippen MR) is 59.7 cm³/mol. The molecule has 1 aromatic carbocycles. The van der Waals surface area contributed by atoms with Gasteiger partial charge < -0.3 is 4.74 Å². The molecule has 0 bridgehead atoms. The summed E-state index contributed by atoms with van der Waals surface area (Å²) in [6, 6.07) is 9.99. The number of carbonyl (C=O) groups is 1. The van der Waals surface area contributed by atoms with Crippen LogP contribution in [0.3, 0.4) is 0 Å². The topological polar surface area (TPSA) is 39.2 Å². The van der Waals surface area contributed by atoms with E-state index in [2.05, 4.69) is 4.98 Å². The van der Waals surface area contributed by atoms with Crippen molar-refractivity contribution in [2.24, 2.45) is 0 Å². The van der Waals surface area contributed by atoms with Crippen LogP contribution < -0.4 is 0 Å². The maximum atomic E-state index is 13.2. The monoisotopic (exact) mass is 249 g/mol. The number of halogens is 2. The number of pyridine rings is 1. The van der Waals surface area contributed by atoms with E-state index in [4.69, 9.17) is 4.74 Å². The molecule has 92 valence electrons. The van der Waals surface area contributed by atoms with Crippen LogP contribution in [0.5, 0.6) is 0 Å². The Hall–Kier alpha value is -2.30. The largest absolute Gasteiger partial charge is 0.457 e. The molecule has 2 rings (SSSR count). The van der Waals surface area contributed by atoms with Crippen molar-refractivity contribution in [2.45, 2.75) is 6.61 Å². The van der Waals surface area contributed by atoms with Crippen molar-refractivity contribution in [3.05, 3.63) is 65.5 Å². The van der Waals surface area contributed by atoms with Crippen molar-refractivity contribution < 1.29 is 18.3 Å². The third kappa shape index (κ3) is 2.68. The number of benzene rings is 1. The normalized spacial score (nSPS) is 10.1. The number of nitrogens with zero attached hydrogens (tertiary/aromatic N) is 1. The fourth-order valence-electron chi connectivity index (χ4n) is 1.38. The Kier molecular flexibility index (Phi) is 3.62. The molecule has 0 spiro atoms. The molecular formula is C13H9F2NO2. The van der Waals surface area contributed by atoms with E-state index >= 15 is 0 Å². The lowest BCUT2D eigenvalue weighted by Crippen LogP contribution is -2.09. The fourth-order valence-corrected chi connectivity index (χ4v) is 1.38. The highest BCUT2D eigenvalue weighted by atomic mass is 19.2. The van der Waals surface area contributed by atoms with Gasteiger partial charge in [-0.2, -0.15) is 4.39 Å². The highest BCUT2D eigenvalue weighted by molar-refractivity contribution is 5.89. The summed E-state index contributed by atoms with van der Waals surface area (Å²) in [6.07, 6.45) is 1.01. The van der Waals surface area contributed by atoms with Gasteiger partial charge in [-0.15, -0.1) is 0 Å². The quantitative estimate of drug-likeness (QED) is 0.620. The number of esters is 1. The molecule has 0 unspecified atom stereocenters. The van der Waals surface area contributed by atoms with Crippen molar-refractivity contribution in [3.63, 3.8) is 0 Å². The molecule has 0 fully saturated rings. The maximum absolute atomic E-state index is 13.2. The number of hydrogen-bond acceptors (Lipinski definition) is 3. The molecule has 2 aromatic rings. The zero-order valence-corrected chi connectivity index (χ0v) is 9.27. The third-order valence-corrected chi connectivity index (χ3v) is 2.28. The van der Waals surface area contributed by atoms with Crippen molar-refractivity contribution in [3.8, 4) is 0 Å². The molecule has 18 heavy (non-hydrogen) atoms. The van der Waals surface area contributed by atoms with Crippen LogP contribution in [0.15, 0.2) is 42.6 Å². The molecule has 3 nitrogen and oxygen atoms in total. The molecule has 0 atom stereocenters. The van der Waals surface area contributed by atoms with E-state index in [1.165, 1.54) is 0 Å². The summed E-state index contributed by atoms with van der Waals surface area (Å²) >= 11 is 0. The first kappa shape index (κ1) is 12.2. The highest BCUT2D eigenvalue weighted by Gasteiger charge is 2.17. The second-order valence-corrected chi connectivity index (χ2v) is 3.53. The summed E-state index contributed by atoms with van der Waals surface area (Å²) in [5.41, 5.74) is 0.305. The van der Waals surface area contributed by atoms with Crippen LogP contribution in [0.2, 0.25) is 0 Å². The fraction of sp³-hybridized carbons (Fsp3) is 0.0769. The number of ether oxygens (including phenoxy) is 1. The molecule has 0 aliphatic carbocycles. The lowest BCUT2D eigenvalue weighted by molar-refractivity contribution is 0.0465. The van der Waals surface area contributed by atoms with Crippen molar-refractivity contribution in [1.29, 1.82) is 0 Å². The minimum absolute atomic E-state index is 0.00303. The van der Waals surface area contributed by atoms with Gasteiger partial charge in [0.15, 0.2) is 5.82 Å². The van der Waals surface area contributed by atoms with Crippen molar-refractivity contribution in [1.82, 2.24) is 4.98 Å². The van der Waals surface area contributed by atoms with E-state index in [0.29, 0.717) is 0 Å². The number of aromatic nitrogens is 1. The average Bonchev–Trinajstić information content (AvgIpc) is 2.40. The Morgan fingerprint density at radius 2 is 1.89 bits per heavy atom. The molecule has 0 aliphatic rings. The SMILES string of the molecule is O=C(OCc1ccccc1)c1ccnc(F)c1F. The van der Waals surface area contributed by atoms with Gasteiger partial charge in [-0.25, -0.2) is 14.2 Å². The van der Waals surface area contributed by atoms with Crippen LogP contribution in [-0.2, 0) is 11.3 Å². The van der Waals surface area contributed by atoms with Gasteiger partial charge in [0.2, 0.25) is 5.95 Å². The molecule has 0 N–H and O–H groups in total. The number of carbonyl (C=O) groups excluding carboxylic acids is 1. The van der Waals surface area contributed by atoms with Gasteiger partial charge in [-0.3, -0.25) is 0 Å². The Morgan fingerprint density at radius 3 is 2.61 bits per heavy atom. The van der Waals surface area contributed by atoms with Crippen LogP contribution in [0.4, 0.5) is 8.78 Å². The molecule has 0 saturated carbocycles. The van der Waals surface area contributed by atoms with Gasteiger partial charge in [0, 0.05) is 6.20 Å².